The van der Waals surface area contributed by atoms with Crippen molar-refractivity contribution < 1.29 is 5.11 Å². The van der Waals surface area contributed by atoms with Crippen LogP contribution in [0.5, 0.6) is 0 Å². The normalized spacial score (nSPS) is 30.1. The number of rotatable bonds is 3. The minimum Gasteiger partial charge on any atom is -0.392 e. The van der Waals surface area contributed by atoms with Gasteiger partial charge >= 0.3 is 0 Å². The molecule has 0 radical (unpaired) electrons. The molecule has 14 heavy (non-hydrogen) atoms. The lowest BCUT2D eigenvalue weighted by Crippen LogP contribution is -2.39. The zero-order valence-electron chi connectivity index (χ0n) is 8.18. The minimum absolute atomic E-state index is 0.169. The number of aliphatic hydroxyl groups excluding tert-OH is 1. The molecular weight excluding hydrogens is 221 g/mol. The number of aliphatic hydroxyl groups is 1. The summed E-state index contributed by atoms with van der Waals surface area (Å²) in [5, 5.41) is 13.6. The fourth-order valence-corrected chi connectivity index (χ4v) is 1.95. The van der Waals surface area contributed by atoms with Crippen LogP contribution in [0.25, 0.3) is 0 Å². The summed E-state index contributed by atoms with van der Waals surface area (Å²) in [5.74, 6) is 0. The molecular formula is C10H17Cl2NO. The molecule has 1 aliphatic carbocycles. The second kappa shape index (κ2) is 6.67. The molecule has 82 valence electrons. The fraction of sp³-hybridized carbons (Fsp3) is 0.800. The third kappa shape index (κ3) is 4.18. The first-order chi connectivity index (χ1) is 6.74. The second-order valence-electron chi connectivity index (χ2n) is 3.75. The molecule has 2 unspecified atom stereocenters. The molecule has 1 aliphatic rings. The highest BCUT2D eigenvalue weighted by Crippen LogP contribution is 2.18. The smallest absolute Gasteiger partial charge is 0.0693 e. The van der Waals surface area contributed by atoms with Crippen LogP contribution in [0.1, 0.15) is 32.1 Å². The first-order valence-corrected chi connectivity index (χ1v) is 5.91. The summed E-state index contributed by atoms with van der Waals surface area (Å²) in [7, 11) is 0. The van der Waals surface area contributed by atoms with E-state index >= 15 is 0 Å². The molecule has 0 amide bonds. The van der Waals surface area contributed by atoms with Gasteiger partial charge in [-0.3, -0.25) is 0 Å². The standard InChI is InChI=1S/C10H17Cl2NO/c11-6-8(12)7-13-9-4-2-1-3-5-10(9)14/h6,9-10,13-14H,1-5,7H2. The topological polar surface area (TPSA) is 32.3 Å². The van der Waals surface area contributed by atoms with Gasteiger partial charge in [-0.1, -0.05) is 42.5 Å². The Labute approximate surface area is 95.3 Å². The van der Waals surface area contributed by atoms with Crippen LogP contribution >= 0.6 is 23.2 Å². The monoisotopic (exact) mass is 237 g/mol. The van der Waals surface area contributed by atoms with Crippen molar-refractivity contribution in [1.29, 1.82) is 0 Å². The fourth-order valence-electron chi connectivity index (χ4n) is 1.79. The van der Waals surface area contributed by atoms with E-state index in [1.165, 1.54) is 18.4 Å². The van der Waals surface area contributed by atoms with Crippen molar-refractivity contribution in [2.24, 2.45) is 0 Å². The highest BCUT2D eigenvalue weighted by molar-refractivity contribution is 6.36. The summed E-state index contributed by atoms with van der Waals surface area (Å²) >= 11 is 11.2. The van der Waals surface area contributed by atoms with E-state index in [0.717, 1.165) is 19.3 Å². The van der Waals surface area contributed by atoms with Gasteiger partial charge in [0.2, 0.25) is 0 Å². The molecule has 1 saturated carbocycles. The third-order valence-corrected chi connectivity index (χ3v) is 3.25. The number of halogens is 2. The molecule has 0 aromatic rings. The predicted molar refractivity (Wildman–Crippen MR) is 60.7 cm³/mol. The van der Waals surface area contributed by atoms with Gasteiger partial charge in [0.05, 0.1) is 6.10 Å². The van der Waals surface area contributed by atoms with Gasteiger partial charge in [-0.15, -0.1) is 0 Å². The summed E-state index contributed by atoms with van der Waals surface area (Å²) in [5.41, 5.74) is 1.36. The Morgan fingerprint density at radius 2 is 2.07 bits per heavy atom. The highest BCUT2D eigenvalue weighted by Gasteiger charge is 2.20. The molecule has 2 N–H and O–H groups in total. The number of hydrogen-bond donors (Lipinski definition) is 2. The Morgan fingerprint density at radius 1 is 1.36 bits per heavy atom. The van der Waals surface area contributed by atoms with E-state index in [1.54, 1.807) is 0 Å². The summed E-state index contributed by atoms with van der Waals surface area (Å²) in [4.78, 5) is 0. The number of hydrogen-bond acceptors (Lipinski definition) is 2. The van der Waals surface area contributed by atoms with Gasteiger partial charge in [0.25, 0.3) is 0 Å². The minimum atomic E-state index is -0.239. The van der Waals surface area contributed by atoms with E-state index < -0.39 is 0 Å². The largest absolute Gasteiger partial charge is 0.392 e. The molecule has 0 saturated heterocycles. The average molecular weight is 238 g/mol. The number of nitrogens with one attached hydrogen (secondary N) is 1. The molecule has 1 fully saturated rings. The maximum absolute atomic E-state index is 9.78. The molecule has 4 heteroatoms. The van der Waals surface area contributed by atoms with Gasteiger partial charge in [0.15, 0.2) is 0 Å². The summed E-state index contributed by atoms with van der Waals surface area (Å²) in [6.45, 7) is 0.548. The molecule has 0 aromatic carbocycles. The van der Waals surface area contributed by atoms with E-state index in [-0.39, 0.29) is 12.1 Å². The van der Waals surface area contributed by atoms with Crippen LogP contribution in [0.15, 0.2) is 10.6 Å². The Bertz CT molecular complexity index is 197. The van der Waals surface area contributed by atoms with Crippen molar-refractivity contribution >= 4 is 23.2 Å². The van der Waals surface area contributed by atoms with Crippen LogP contribution in [0.4, 0.5) is 0 Å². The first-order valence-electron chi connectivity index (χ1n) is 5.10. The van der Waals surface area contributed by atoms with E-state index in [4.69, 9.17) is 23.2 Å². The summed E-state index contributed by atoms with van der Waals surface area (Å²) in [6.07, 6.45) is 5.19. The van der Waals surface area contributed by atoms with Gasteiger partial charge in [-0.05, 0) is 12.8 Å². The van der Waals surface area contributed by atoms with Gasteiger partial charge < -0.3 is 10.4 Å². The predicted octanol–water partition coefficient (Wildman–Crippen LogP) is 2.59. The van der Waals surface area contributed by atoms with Crippen molar-refractivity contribution in [3.8, 4) is 0 Å². The van der Waals surface area contributed by atoms with Crippen molar-refractivity contribution in [1.82, 2.24) is 5.32 Å². The Hall–Kier alpha value is 0.240. The first kappa shape index (κ1) is 12.3. The quantitative estimate of drug-likeness (QED) is 0.740. The molecule has 0 aromatic heterocycles. The van der Waals surface area contributed by atoms with Crippen LogP contribution < -0.4 is 5.32 Å². The summed E-state index contributed by atoms with van der Waals surface area (Å²) < 4.78 is 0. The molecule has 2 nitrogen and oxygen atoms in total. The van der Waals surface area contributed by atoms with Gasteiger partial charge in [-0.2, -0.15) is 0 Å². The van der Waals surface area contributed by atoms with Crippen LogP contribution in [0.3, 0.4) is 0 Å². The van der Waals surface area contributed by atoms with E-state index in [1.807, 2.05) is 0 Å². The third-order valence-electron chi connectivity index (χ3n) is 2.63. The maximum atomic E-state index is 9.78. The van der Waals surface area contributed by atoms with Gasteiger partial charge in [0, 0.05) is 23.2 Å². The molecule has 0 aliphatic heterocycles. The molecule has 0 spiro atoms. The molecule has 1 rings (SSSR count). The van der Waals surface area contributed by atoms with Crippen molar-refractivity contribution in [2.45, 2.75) is 44.2 Å². The molecule has 0 bridgehead atoms. The Balaban J connectivity index is 2.33. The second-order valence-corrected chi connectivity index (χ2v) is 4.45. The van der Waals surface area contributed by atoms with E-state index in [9.17, 15) is 5.11 Å². The summed E-state index contributed by atoms with van der Waals surface area (Å²) in [6, 6.07) is 0.169. The Kier molecular flexibility index (Phi) is 5.87. The highest BCUT2D eigenvalue weighted by atomic mass is 35.5. The van der Waals surface area contributed by atoms with Crippen LogP contribution in [-0.2, 0) is 0 Å². The van der Waals surface area contributed by atoms with Crippen LogP contribution in [-0.4, -0.2) is 23.8 Å². The van der Waals surface area contributed by atoms with Crippen molar-refractivity contribution in [3.05, 3.63) is 10.6 Å². The van der Waals surface area contributed by atoms with E-state index in [0.29, 0.717) is 11.6 Å². The van der Waals surface area contributed by atoms with Crippen molar-refractivity contribution in [3.63, 3.8) is 0 Å². The van der Waals surface area contributed by atoms with Gasteiger partial charge in [0.1, 0.15) is 0 Å². The average Bonchev–Trinajstić information content (AvgIpc) is 2.39. The Morgan fingerprint density at radius 3 is 2.79 bits per heavy atom. The molecule has 2 atom stereocenters. The zero-order valence-corrected chi connectivity index (χ0v) is 9.69. The lowest BCUT2D eigenvalue weighted by atomic mass is 10.1. The maximum Gasteiger partial charge on any atom is 0.0693 e. The van der Waals surface area contributed by atoms with Crippen molar-refractivity contribution in [2.75, 3.05) is 6.54 Å². The van der Waals surface area contributed by atoms with Gasteiger partial charge in [-0.25, -0.2) is 0 Å². The molecule has 0 heterocycles. The van der Waals surface area contributed by atoms with E-state index in [2.05, 4.69) is 5.32 Å². The van der Waals surface area contributed by atoms with Crippen LogP contribution in [0.2, 0.25) is 0 Å². The lowest BCUT2D eigenvalue weighted by Gasteiger charge is -2.21. The SMILES string of the molecule is OC1CCCCCC1NCC(Cl)=CCl. The van der Waals surface area contributed by atoms with Crippen LogP contribution in [0, 0.1) is 0 Å². The lowest BCUT2D eigenvalue weighted by molar-refractivity contribution is 0.122. The zero-order chi connectivity index (χ0) is 10.4.